The molecule has 0 aliphatic carbocycles. The molecule has 246 valence electrons. The fourth-order valence-corrected chi connectivity index (χ4v) is 7.41. The number of anilines is 1. The summed E-state index contributed by atoms with van der Waals surface area (Å²) in [5.74, 6) is -0.639. The van der Waals surface area contributed by atoms with Crippen LogP contribution >= 0.6 is 31.6 Å². The lowest BCUT2D eigenvalue weighted by molar-refractivity contribution is -0.765. The molecule has 45 heavy (non-hydrogen) atoms. The number of carbonyl (C=O) groups excluding carboxylic acids is 1. The molecule has 3 aromatic heterocycles. The summed E-state index contributed by atoms with van der Waals surface area (Å²) in [6.07, 6.45) is -8.22. The number of hydrogen-bond acceptors (Lipinski definition) is 16. The molecule has 0 bridgehead atoms. The van der Waals surface area contributed by atoms with Crippen LogP contribution in [-0.2, 0) is 32.0 Å². The fourth-order valence-electron chi connectivity index (χ4n) is 4.76. The summed E-state index contributed by atoms with van der Waals surface area (Å²) in [5.41, 5.74) is 11.4. The van der Waals surface area contributed by atoms with Crippen LogP contribution in [0.25, 0.3) is 11.0 Å². The molecule has 2 aliphatic heterocycles. The number of nitrogen functional groups attached to an aromatic ring is 1. The summed E-state index contributed by atoms with van der Waals surface area (Å²) in [6, 6.07) is 4.37. The van der Waals surface area contributed by atoms with Crippen molar-refractivity contribution in [2.75, 3.05) is 18.9 Å². The van der Waals surface area contributed by atoms with Gasteiger partial charge in [-0.1, -0.05) is 0 Å². The summed E-state index contributed by atoms with van der Waals surface area (Å²) >= 11 is 3.29. The Morgan fingerprint density at radius 2 is 1.76 bits per heavy atom. The number of primary amides is 1. The van der Waals surface area contributed by atoms with E-state index >= 15 is 0 Å². The first-order valence-corrected chi connectivity index (χ1v) is 16.6. The highest BCUT2D eigenvalue weighted by Crippen LogP contribution is 2.58. The van der Waals surface area contributed by atoms with E-state index < -0.39 is 83.8 Å². The standard InChI is InChI=1S/C22H27BrN6O14P2/c23-13-4-10-18(24)26-8-27-20(10)29(13)22-17(33)15(31)12(42-22)7-40-45(37,38)43-44(35,36)39-6-11-14(30)16(32)21(41-11)28-3-1-2-9(5-28)19(25)34/h1-5,8,11-12,14-17,21-22,30-33H,6-7H2,(H5-,24,25,26,27,34,35,36,37,38)/t11-,12-,14-,15-,16-,17-,21-,22-/m1/s1. The molecule has 3 aromatic rings. The largest absolute Gasteiger partial charge is 0.756 e. The number of halogens is 1. The molecule has 9 N–H and O–H groups in total. The van der Waals surface area contributed by atoms with E-state index in [1.54, 1.807) is 6.07 Å². The summed E-state index contributed by atoms with van der Waals surface area (Å²) in [5, 5.41) is 42.2. The molecule has 0 saturated carbocycles. The summed E-state index contributed by atoms with van der Waals surface area (Å²) in [4.78, 5) is 41.8. The first-order valence-electron chi connectivity index (χ1n) is 12.8. The predicted molar refractivity (Wildman–Crippen MR) is 147 cm³/mol. The zero-order chi connectivity index (χ0) is 32.8. The second kappa shape index (κ2) is 13.0. The second-order valence-electron chi connectivity index (χ2n) is 9.92. The highest BCUT2D eigenvalue weighted by molar-refractivity contribution is 9.10. The smallest absolute Gasteiger partial charge is 0.478 e. The zero-order valence-electron chi connectivity index (χ0n) is 22.6. The second-order valence-corrected chi connectivity index (χ2v) is 13.7. The van der Waals surface area contributed by atoms with Crippen LogP contribution in [0.3, 0.4) is 0 Å². The third-order valence-corrected chi connectivity index (χ3v) is 10.1. The lowest BCUT2D eigenvalue weighted by Gasteiger charge is -2.26. The first-order chi connectivity index (χ1) is 21.1. The van der Waals surface area contributed by atoms with Crippen molar-refractivity contribution in [2.24, 2.45) is 5.73 Å². The van der Waals surface area contributed by atoms with E-state index in [0.29, 0.717) is 9.99 Å². The van der Waals surface area contributed by atoms with Crippen molar-refractivity contribution >= 4 is 54.3 Å². The molecule has 0 radical (unpaired) electrons. The van der Waals surface area contributed by atoms with Gasteiger partial charge in [0.15, 0.2) is 24.7 Å². The molecule has 2 saturated heterocycles. The number of phosphoric ester groups is 2. The molecule has 1 amide bonds. The molecular formula is C22H27BrN6O14P2. The van der Waals surface area contributed by atoms with Gasteiger partial charge in [0.2, 0.25) is 0 Å². The van der Waals surface area contributed by atoms with Crippen molar-refractivity contribution < 1.29 is 71.5 Å². The fraction of sp³-hybridized carbons (Fsp3) is 0.455. The van der Waals surface area contributed by atoms with Gasteiger partial charge < -0.3 is 55.7 Å². The number of fused-ring (bicyclic) bond motifs is 1. The van der Waals surface area contributed by atoms with E-state index in [4.69, 9.17) is 25.5 Å². The lowest BCUT2D eigenvalue weighted by Crippen LogP contribution is -2.46. The van der Waals surface area contributed by atoms with E-state index in [-0.39, 0.29) is 17.0 Å². The minimum absolute atomic E-state index is 0.0602. The molecule has 5 rings (SSSR count). The van der Waals surface area contributed by atoms with Crippen molar-refractivity contribution in [3.63, 3.8) is 0 Å². The Kier molecular flexibility index (Phi) is 9.77. The van der Waals surface area contributed by atoms with Crippen molar-refractivity contribution in [1.82, 2.24) is 14.5 Å². The molecular weight excluding hydrogens is 714 g/mol. The van der Waals surface area contributed by atoms with E-state index in [9.17, 15) is 44.1 Å². The number of ether oxygens (including phenoxy) is 2. The van der Waals surface area contributed by atoms with Crippen LogP contribution < -0.4 is 20.9 Å². The number of nitrogens with zero attached hydrogens (tertiary/aromatic N) is 4. The average Bonchev–Trinajstić information content (AvgIpc) is 3.56. The Hall–Kier alpha value is -2.46. The number of nitrogens with two attached hydrogens (primary N) is 2. The number of amides is 1. The minimum atomic E-state index is -5.62. The number of carbonyl (C=O) groups is 1. The maximum Gasteiger partial charge on any atom is 0.478 e. The Balaban J connectivity index is 1.17. The van der Waals surface area contributed by atoms with Gasteiger partial charge in [-0.2, -0.15) is 4.57 Å². The number of pyridine rings is 1. The number of aromatic nitrogens is 4. The van der Waals surface area contributed by atoms with E-state index in [1.165, 1.54) is 40.0 Å². The van der Waals surface area contributed by atoms with Crippen molar-refractivity contribution in [3.8, 4) is 0 Å². The monoisotopic (exact) mass is 740 g/mol. The summed E-state index contributed by atoms with van der Waals surface area (Å²) in [7, 11) is -11.1. The van der Waals surface area contributed by atoms with E-state index in [1.807, 2.05) is 0 Å². The van der Waals surface area contributed by atoms with Crippen molar-refractivity contribution in [1.29, 1.82) is 0 Å². The van der Waals surface area contributed by atoms with Gasteiger partial charge in [0.1, 0.15) is 53.9 Å². The third kappa shape index (κ3) is 7.11. The van der Waals surface area contributed by atoms with Crippen LogP contribution in [0, 0.1) is 0 Å². The van der Waals surface area contributed by atoms with Gasteiger partial charge in [-0.3, -0.25) is 18.5 Å². The molecule has 23 heteroatoms. The lowest BCUT2D eigenvalue weighted by atomic mass is 10.1. The van der Waals surface area contributed by atoms with Gasteiger partial charge in [0, 0.05) is 6.07 Å². The maximum absolute atomic E-state index is 12.4. The predicted octanol–water partition coefficient (Wildman–Crippen LogP) is -2.28. The molecule has 10 atom stereocenters. The molecule has 2 unspecified atom stereocenters. The zero-order valence-corrected chi connectivity index (χ0v) is 26.0. The molecule has 5 heterocycles. The summed E-state index contributed by atoms with van der Waals surface area (Å²) in [6.45, 7) is -1.88. The number of rotatable bonds is 11. The Labute approximate surface area is 261 Å². The van der Waals surface area contributed by atoms with Crippen LogP contribution in [0.5, 0.6) is 0 Å². The van der Waals surface area contributed by atoms with Gasteiger partial charge in [0.25, 0.3) is 20.0 Å². The highest BCUT2D eigenvalue weighted by Gasteiger charge is 2.49. The van der Waals surface area contributed by atoms with E-state index in [0.717, 1.165) is 0 Å². The Bertz CT molecular complexity index is 1680. The number of phosphoric acid groups is 2. The van der Waals surface area contributed by atoms with Gasteiger partial charge in [0.05, 0.1) is 23.2 Å². The number of aliphatic hydroxyl groups excluding tert-OH is 4. The SMILES string of the molecule is NC(=O)c1ccc[n+]([C@@H]2O[C@H](COP(=O)([O-])OP(=O)(O)OC[C@H]3O[C@@H](n4c(Br)cc5c(N)ncnc54)[C@H](O)[C@@H]3O)[C@@H](O)[C@H]2O)c1. The van der Waals surface area contributed by atoms with Gasteiger partial charge in [-0.05, 0) is 28.1 Å². The van der Waals surface area contributed by atoms with Crippen molar-refractivity contribution in [3.05, 3.63) is 47.1 Å². The van der Waals surface area contributed by atoms with Gasteiger partial charge in [-0.15, -0.1) is 0 Å². The van der Waals surface area contributed by atoms with Crippen LogP contribution in [0.2, 0.25) is 0 Å². The minimum Gasteiger partial charge on any atom is -0.756 e. The van der Waals surface area contributed by atoms with Gasteiger partial charge in [-0.25, -0.2) is 18.8 Å². The molecule has 2 aliphatic rings. The maximum atomic E-state index is 12.4. The summed E-state index contributed by atoms with van der Waals surface area (Å²) < 4.78 is 52.3. The van der Waals surface area contributed by atoms with Gasteiger partial charge >= 0.3 is 7.82 Å². The normalized spacial score (nSPS) is 31.2. The first kappa shape index (κ1) is 33.9. The van der Waals surface area contributed by atoms with Crippen molar-refractivity contribution in [2.45, 2.75) is 49.1 Å². The molecule has 20 nitrogen and oxygen atoms in total. The van der Waals surface area contributed by atoms with Crippen LogP contribution in [-0.4, -0.2) is 95.6 Å². The average molecular weight is 741 g/mol. The molecule has 0 aromatic carbocycles. The highest BCUT2D eigenvalue weighted by atomic mass is 79.9. The van der Waals surface area contributed by atoms with Crippen LogP contribution in [0.4, 0.5) is 5.82 Å². The Morgan fingerprint density at radius 1 is 1.09 bits per heavy atom. The third-order valence-electron chi connectivity index (χ3n) is 6.95. The quantitative estimate of drug-likeness (QED) is 0.0804. The molecule has 0 spiro atoms. The number of hydrogen-bond donors (Lipinski definition) is 7. The van der Waals surface area contributed by atoms with Crippen LogP contribution in [0.15, 0.2) is 41.5 Å². The Morgan fingerprint density at radius 3 is 2.47 bits per heavy atom. The van der Waals surface area contributed by atoms with Crippen LogP contribution in [0.1, 0.15) is 22.8 Å². The molecule has 2 fully saturated rings. The number of aliphatic hydroxyl groups is 4. The van der Waals surface area contributed by atoms with E-state index in [2.05, 4.69) is 34.7 Å². The topological polar surface area (TPSA) is 308 Å².